The van der Waals surface area contributed by atoms with Crippen molar-refractivity contribution in [3.05, 3.63) is 51.8 Å². The van der Waals surface area contributed by atoms with Crippen LogP contribution >= 0.6 is 22.7 Å². The number of anilines is 2. The van der Waals surface area contributed by atoms with Gasteiger partial charge in [-0.2, -0.15) is 4.99 Å². The van der Waals surface area contributed by atoms with E-state index in [4.69, 9.17) is 14.8 Å². The number of aromatic nitrogens is 4. The molecule has 0 spiro atoms. The van der Waals surface area contributed by atoms with Crippen LogP contribution in [0.5, 0.6) is 0 Å². The van der Waals surface area contributed by atoms with Crippen LogP contribution in [0.25, 0.3) is 10.2 Å². The number of carboxylic acid groups (broad SMARTS) is 1. The molecule has 0 unspecified atom stereocenters. The number of rotatable bonds is 14. The average molecular weight is 601 g/mol. The van der Waals surface area contributed by atoms with Gasteiger partial charge in [0.15, 0.2) is 27.3 Å². The van der Waals surface area contributed by atoms with Crippen molar-refractivity contribution in [2.75, 3.05) is 24.7 Å². The quantitative estimate of drug-likeness (QED) is 0.137. The third-order valence-corrected chi connectivity index (χ3v) is 9.84. The second-order valence-electron chi connectivity index (χ2n) is 10.7. The van der Waals surface area contributed by atoms with Crippen LogP contribution in [0.4, 0.5) is 16.8 Å². The summed E-state index contributed by atoms with van der Waals surface area (Å²) in [6.07, 6.45) is 2.32. The van der Waals surface area contributed by atoms with Gasteiger partial charge in [0.25, 0.3) is 0 Å². The molecule has 13 heteroatoms. The Hall–Kier alpha value is -2.97. The summed E-state index contributed by atoms with van der Waals surface area (Å²) < 4.78 is 9.28. The lowest BCUT2D eigenvalue weighted by atomic mass is 10.2. The van der Waals surface area contributed by atoms with Gasteiger partial charge in [-0.1, -0.05) is 43.1 Å². The number of carbonyl (C=O) groups is 1. The molecule has 3 aromatic heterocycles. The molecular formula is C27H36N6O4S2Si. The fraction of sp³-hybridized carbons (Fsp3) is 0.444. The predicted octanol–water partition coefficient (Wildman–Crippen LogP) is 5.80. The van der Waals surface area contributed by atoms with Gasteiger partial charge in [0, 0.05) is 33.2 Å². The number of aliphatic hydroxyl groups is 1. The highest BCUT2D eigenvalue weighted by Gasteiger charge is 2.19. The van der Waals surface area contributed by atoms with Gasteiger partial charge >= 0.3 is 5.97 Å². The van der Waals surface area contributed by atoms with Crippen molar-refractivity contribution >= 4 is 63.7 Å². The van der Waals surface area contributed by atoms with Crippen LogP contribution in [0.2, 0.25) is 25.7 Å². The summed E-state index contributed by atoms with van der Waals surface area (Å²) in [4.78, 5) is 23.3. The standard InChI is InChI=1S/C27H36N6O4S2Si/c1-19-16-23(32(12-8-5-9-13-34)26-28-20(17-38-26)25(35)36)30-31-24(19)29-27-33(18-37-14-15-40(2,3)4)21-10-6-7-11-22(21)39-27/h6-7,10-11,16-17,34H,5,8-9,12-15,18H2,1-4H3,(H,35,36)/b29-27-. The number of hydrogen-bond donors (Lipinski definition) is 2. The number of para-hydroxylation sites is 1. The first-order valence-corrected chi connectivity index (χ1v) is 18.7. The van der Waals surface area contributed by atoms with Crippen molar-refractivity contribution in [3.63, 3.8) is 0 Å². The minimum absolute atomic E-state index is 0.00182. The molecule has 40 heavy (non-hydrogen) atoms. The molecule has 1 aromatic carbocycles. The van der Waals surface area contributed by atoms with E-state index in [1.165, 1.54) is 16.7 Å². The highest BCUT2D eigenvalue weighted by molar-refractivity contribution is 7.16. The molecule has 0 radical (unpaired) electrons. The van der Waals surface area contributed by atoms with Gasteiger partial charge in [-0.3, -0.25) is 4.57 Å². The predicted molar refractivity (Wildman–Crippen MR) is 163 cm³/mol. The number of aryl methyl sites for hydroxylation is 1. The van der Waals surface area contributed by atoms with Gasteiger partial charge in [0.1, 0.15) is 6.73 Å². The van der Waals surface area contributed by atoms with Crippen molar-refractivity contribution < 1.29 is 19.7 Å². The fourth-order valence-corrected chi connectivity index (χ4v) is 6.53. The maximum atomic E-state index is 11.4. The van der Waals surface area contributed by atoms with Crippen molar-refractivity contribution in [3.8, 4) is 0 Å². The zero-order chi connectivity index (χ0) is 28.7. The van der Waals surface area contributed by atoms with E-state index < -0.39 is 14.0 Å². The van der Waals surface area contributed by atoms with Gasteiger partial charge in [-0.25, -0.2) is 9.78 Å². The smallest absolute Gasteiger partial charge is 0.355 e. The molecule has 0 aliphatic rings. The molecule has 0 bridgehead atoms. The van der Waals surface area contributed by atoms with Gasteiger partial charge in [0.2, 0.25) is 0 Å². The van der Waals surface area contributed by atoms with E-state index in [9.17, 15) is 9.90 Å². The number of benzene rings is 1. The lowest BCUT2D eigenvalue weighted by Crippen LogP contribution is -2.23. The molecule has 0 aliphatic carbocycles. The van der Waals surface area contributed by atoms with Crippen LogP contribution in [0.15, 0.2) is 40.7 Å². The molecule has 214 valence electrons. The van der Waals surface area contributed by atoms with Crippen LogP contribution in [-0.4, -0.2) is 63.8 Å². The van der Waals surface area contributed by atoms with E-state index in [1.807, 2.05) is 30.0 Å². The lowest BCUT2D eigenvalue weighted by Gasteiger charge is -2.20. The van der Waals surface area contributed by atoms with Crippen LogP contribution in [0, 0.1) is 6.92 Å². The van der Waals surface area contributed by atoms with Gasteiger partial charge in [0.05, 0.1) is 10.2 Å². The molecule has 2 N–H and O–H groups in total. The van der Waals surface area contributed by atoms with E-state index in [2.05, 4.69) is 51.5 Å². The van der Waals surface area contributed by atoms with E-state index in [0.717, 1.165) is 39.5 Å². The van der Waals surface area contributed by atoms with Gasteiger partial charge in [-0.05, 0) is 56.0 Å². The number of unbranched alkanes of at least 4 members (excludes halogenated alkanes) is 2. The number of fused-ring (bicyclic) bond motifs is 1. The van der Waals surface area contributed by atoms with Gasteiger partial charge in [-0.15, -0.1) is 21.5 Å². The highest BCUT2D eigenvalue weighted by atomic mass is 32.1. The topological polar surface area (TPSA) is 126 Å². The molecule has 0 saturated carbocycles. The molecule has 4 aromatic rings. The monoisotopic (exact) mass is 600 g/mol. The number of thiazole rings is 2. The number of ether oxygens (including phenoxy) is 1. The molecule has 3 heterocycles. The average Bonchev–Trinajstić information content (AvgIpc) is 3.53. The zero-order valence-corrected chi connectivity index (χ0v) is 26.0. The first-order valence-electron chi connectivity index (χ1n) is 13.3. The highest BCUT2D eigenvalue weighted by Crippen LogP contribution is 2.30. The minimum atomic E-state index is -1.19. The van der Waals surface area contributed by atoms with Crippen LogP contribution in [-0.2, 0) is 11.5 Å². The Morgan fingerprint density at radius 3 is 2.67 bits per heavy atom. The number of aliphatic hydroxyl groups excluding tert-OH is 1. The van der Waals surface area contributed by atoms with E-state index in [-0.39, 0.29) is 12.3 Å². The Labute approximate surface area is 242 Å². The van der Waals surface area contributed by atoms with Crippen LogP contribution < -0.4 is 9.70 Å². The Kier molecular flexibility index (Phi) is 10.2. The van der Waals surface area contributed by atoms with E-state index in [1.54, 1.807) is 11.3 Å². The molecule has 0 amide bonds. The Morgan fingerprint density at radius 2 is 1.98 bits per heavy atom. The van der Waals surface area contributed by atoms with Crippen molar-refractivity contribution in [2.24, 2.45) is 4.99 Å². The maximum Gasteiger partial charge on any atom is 0.355 e. The number of hydrogen-bond acceptors (Lipinski definition) is 10. The normalized spacial score (nSPS) is 12.4. The lowest BCUT2D eigenvalue weighted by molar-refractivity contribution is 0.0691. The first kappa shape index (κ1) is 30.0. The number of nitrogens with zero attached hydrogens (tertiary/aromatic N) is 6. The van der Waals surface area contributed by atoms with Crippen molar-refractivity contribution in [1.29, 1.82) is 0 Å². The van der Waals surface area contributed by atoms with Crippen LogP contribution in [0.1, 0.15) is 35.3 Å². The first-order chi connectivity index (χ1) is 19.2. The molecular weight excluding hydrogens is 565 g/mol. The largest absolute Gasteiger partial charge is 0.476 e. The summed E-state index contributed by atoms with van der Waals surface area (Å²) in [6.45, 7) is 10.8. The molecule has 0 fully saturated rings. The third kappa shape index (κ3) is 7.82. The Bertz CT molecular complexity index is 1510. The summed E-state index contributed by atoms with van der Waals surface area (Å²) in [5.41, 5.74) is 1.90. The molecule has 0 aliphatic heterocycles. The molecule has 10 nitrogen and oxygen atoms in total. The fourth-order valence-electron chi connectivity index (χ4n) is 3.92. The summed E-state index contributed by atoms with van der Waals surface area (Å²) in [6, 6.07) is 11.2. The molecule has 0 atom stereocenters. The zero-order valence-electron chi connectivity index (χ0n) is 23.3. The van der Waals surface area contributed by atoms with Crippen LogP contribution in [0.3, 0.4) is 0 Å². The number of carboxylic acids is 1. The van der Waals surface area contributed by atoms with Gasteiger partial charge < -0.3 is 19.8 Å². The summed E-state index contributed by atoms with van der Waals surface area (Å²) in [7, 11) is -1.19. The third-order valence-electron chi connectivity index (χ3n) is 6.21. The SMILES string of the molecule is Cc1cc(N(CCCCCO)c2nc(C(=O)O)cs2)nnc1/N=c1\sc2ccccc2n1COCC[Si](C)(C)C. The second kappa shape index (κ2) is 13.6. The van der Waals surface area contributed by atoms with Crippen molar-refractivity contribution in [2.45, 2.75) is 58.6 Å². The molecule has 4 rings (SSSR count). The second-order valence-corrected chi connectivity index (χ2v) is 18.2. The Morgan fingerprint density at radius 1 is 1.18 bits per heavy atom. The Balaban J connectivity index is 1.64. The summed E-state index contributed by atoms with van der Waals surface area (Å²) in [5.74, 6) is 0.0163. The minimum Gasteiger partial charge on any atom is -0.476 e. The molecule has 0 saturated heterocycles. The summed E-state index contributed by atoms with van der Waals surface area (Å²) in [5, 5.41) is 29.5. The van der Waals surface area contributed by atoms with Crippen molar-refractivity contribution in [1.82, 2.24) is 19.7 Å². The summed E-state index contributed by atoms with van der Waals surface area (Å²) >= 11 is 2.83. The van der Waals surface area contributed by atoms with E-state index in [0.29, 0.717) is 43.1 Å². The van der Waals surface area contributed by atoms with E-state index >= 15 is 0 Å². The maximum absolute atomic E-state index is 11.4. The number of aromatic carboxylic acids is 1.